The van der Waals surface area contributed by atoms with Crippen LogP contribution < -0.4 is 0 Å². The minimum atomic E-state index is -0.770. The maximum atomic E-state index is 12.7. The van der Waals surface area contributed by atoms with Gasteiger partial charge < -0.3 is 14.2 Å². The Kier molecular flexibility index (Phi) is 40.9. The molecule has 0 saturated carbocycles. The fourth-order valence-electron chi connectivity index (χ4n) is 6.42. The number of rotatable bonds is 41. The van der Waals surface area contributed by atoms with Crippen LogP contribution in [-0.2, 0) is 28.6 Å². The number of hydrogen-bond acceptors (Lipinski definition) is 6. The molecule has 6 nitrogen and oxygen atoms in total. The number of unbranched alkanes of at least 4 members (excludes halogenated alkanes) is 26. The first-order valence-electron chi connectivity index (χ1n) is 22.8. The third-order valence-electron chi connectivity index (χ3n) is 9.93. The summed E-state index contributed by atoms with van der Waals surface area (Å²) in [5.74, 6) is -0.887. The molecule has 0 radical (unpaired) electrons. The van der Waals surface area contributed by atoms with Gasteiger partial charge in [-0.25, -0.2) is 0 Å². The number of carbonyl (C=O) groups is 3. The molecule has 0 N–H and O–H groups in total. The molecular formula is C47H86O6. The smallest absolute Gasteiger partial charge is 0.306 e. The first-order valence-corrected chi connectivity index (χ1v) is 22.8. The van der Waals surface area contributed by atoms with E-state index < -0.39 is 6.10 Å². The Hall–Kier alpha value is -2.11. The maximum Gasteiger partial charge on any atom is 0.306 e. The van der Waals surface area contributed by atoms with E-state index in [2.05, 4.69) is 45.1 Å². The largest absolute Gasteiger partial charge is 0.462 e. The predicted octanol–water partition coefficient (Wildman–Crippen LogP) is 14.4. The van der Waals surface area contributed by atoms with Gasteiger partial charge in [-0.1, -0.05) is 180 Å². The van der Waals surface area contributed by atoms with Crippen LogP contribution >= 0.6 is 0 Å². The van der Waals surface area contributed by atoms with E-state index in [9.17, 15) is 14.4 Å². The highest BCUT2D eigenvalue weighted by molar-refractivity contribution is 5.71. The van der Waals surface area contributed by atoms with E-state index >= 15 is 0 Å². The van der Waals surface area contributed by atoms with Crippen LogP contribution in [0.3, 0.4) is 0 Å². The van der Waals surface area contributed by atoms with Crippen LogP contribution in [0.15, 0.2) is 24.3 Å². The van der Waals surface area contributed by atoms with E-state index in [-0.39, 0.29) is 31.1 Å². The van der Waals surface area contributed by atoms with E-state index in [0.29, 0.717) is 19.3 Å². The number of carbonyl (C=O) groups excluding carboxylic acids is 3. The van der Waals surface area contributed by atoms with Gasteiger partial charge in [0.2, 0.25) is 0 Å². The lowest BCUT2D eigenvalue weighted by Gasteiger charge is -2.18. The van der Waals surface area contributed by atoms with Gasteiger partial charge in [0.05, 0.1) is 0 Å². The van der Waals surface area contributed by atoms with E-state index in [1.165, 1.54) is 128 Å². The average Bonchev–Trinajstić information content (AvgIpc) is 3.15. The quantitative estimate of drug-likeness (QED) is 0.0268. The van der Waals surface area contributed by atoms with Crippen molar-refractivity contribution in [2.75, 3.05) is 13.2 Å². The molecule has 0 aliphatic rings. The van der Waals surface area contributed by atoms with Gasteiger partial charge in [0.15, 0.2) is 6.10 Å². The summed E-state index contributed by atoms with van der Waals surface area (Å²) in [6, 6.07) is 0. The molecule has 0 fully saturated rings. The molecule has 0 bridgehead atoms. The van der Waals surface area contributed by atoms with Crippen LogP contribution in [0.4, 0.5) is 0 Å². The highest BCUT2D eigenvalue weighted by Crippen LogP contribution is 2.14. The highest BCUT2D eigenvalue weighted by atomic mass is 16.6. The van der Waals surface area contributed by atoms with Gasteiger partial charge in [0, 0.05) is 19.3 Å². The van der Waals surface area contributed by atoms with Gasteiger partial charge in [-0.3, -0.25) is 14.4 Å². The van der Waals surface area contributed by atoms with Crippen molar-refractivity contribution in [1.29, 1.82) is 0 Å². The molecule has 0 aromatic rings. The van der Waals surface area contributed by atoms with Crippen molar-refractivity contribution in [2.24, 2.45) is 0 Å². The third-order valence-corrected chi connectivity index (χ3v) is 9.93. The molecule has 0 saturated heterocycles. The maximum absolute atomic E-state index is 12.7. The van der Waals surface area contributed by atoms with Gasteiger partial charge in [0.1, 0.15) is 13.2 Å². The monoisotopic (exact) mass is 747 g/mol. The van der Waals surface area contributed by atoms with E-state index in [0.717, 1.165) is 70.6 Å². The summed E-state index contributed by atoms with van der Waals surface area (Å²) in [6.07, 6.45) is 45.9. The molecule has 0 aromatic heterocycles. The van der Waals surface area contributed by atoms with Gasteiger partial charge in [-0.15, -0.1) is 0 Å². The lowest BCUT2D eigenvalue weighted by atomic mass is 10.1. The Morgan fingerprint density at radius 2 is 0.642 bits per heavy atom. The van der Waals surface area contributed by atoms with Crippen LogP contribution in [0.25, 0.3) is 0 Å². The molecule has 0 spiro atoms. The molecule has 0 heterocycles. The zero-order chi connectivity index (χ0) is 38.7. The van der Waals surface area contributed by atoms with E-state index in [1.54, 1.807) is 0 Å². The molecule has 1 atom stereocenters. The first kappa shape index (κ1) is 50.9. The summed E-state index contributed by atoms with van der Waals surface area (Å²) < 4.78 is 16.7. The van der Waals surface area contributed by atoms with Crippen LogP contribution in [0.2, 0.25) is 0 Å². The summed E-state index contributed by atoms with van der Waals surface area (Å²) in [4.78, 5) is 37.6. The van der Waals surface area contributed by atoms with Gasteiger partial charge in [0.25, 0.3) is 0 Å². The Balaban J connectivity index is 4.33. The molecule has 0 aromatic carbocycles. The standard InChI is InChI=1S/C47H86O6/c1-4-7-10-13-16-19-21-22-23-24-26-28-31-34-37-40-46(49)52-43-44(42-51-45(48)39-36-33-30-27-18-15-12-9-6-3)53-47(50)41-38-35-32-29-25-20-17-14-11-8-5-2/h14,17,19,21,44H,4-13,15-16,18,20,22-43H2,1-3H3/b17-14+,21-19+/t44-/m1/s1. The highest BCUT2D eigenvalue weighted by Gasteiger charge is 2.19. The Morgan fingerprint density at radius 1 is 0.358 bits per heavy atom. The van der Waals surface area contributed by atoms with Crippen molar-refractivity contribution in [3.8, 4) is 0 Å². The van der Waals surface area contributed by atoms with E-state index in [1.807, 2.05) is 0 Å². The second-order valence-corrected chi connectivity index (χ2v) is 15.3. The van der Waals surface area contributed by atoms with Crippen molar-refractivity contribution in [3.63, 3.8) is 0 Å². The molecular weight excluding hydrogens is 661 g/mol. The number of allylic oxidation sites excluding steroid dienone is 4. The zero-order valence-electron chi connectivity index (χ0n) is 35.3. The van der Waals surface area contributed by atoms with Crippen molar-refractivity contribution < 1.29 is 28.6 Å². The second kappa shape index (κ2) is 42.6. The Labute approximate surface area is 328 Å². The molecule has 0 unspecified atom stereocenters. The second-order valence-electron chi connectivity index (χ2n) is 15.3. The number of ether oxygens (including phenoxy) is 3. The first-order chi connectivity index (χ1) is 26.0. The lowest BCUT2D eigenvalue weighted by molar-refractivity contribution is -0.167. The Bertz CT molecular complexity index is 865. The number of esters is 3. The zero-order valence-corrected chi connectivity index (χ0v) is 35.3. The van der Waals surface area contributed by atoms with Gasteiger partial charge in [-0.05, 0) is 64.2 Å². The number of hydrogen-bond donors (Lipinski definition) is 0. The van der Waals surface area contributed by atoms with Crippen LogP contribution in [0.1, 0.15) is 239 Å². The molecule has 53 heavy (non-hydrogen) atoms. The lowest BCUT2D eigenvalue weighted by Crippen LogP contribution is -2.30. The van der Waals surface area contributed by atoms with Gasteiger partial charge in [-0.2, -0.15) is 0 Å². The SMILES string of the molecule is CCCC/C=C/CCCCCCCC(=O)O[C@@H](COC(=O)CCCCCCCCC/C=C/CCCCCC)COC(=O)CCCCCCCCCCC. The molecule has 0 rings (SSSR count). The summed E-state index contributed by atoms with van der Waals surface area (Å²) in [7, 11) is 0. The average molecular weight is 747 g/mol. The summed E-state index contributed by atoms with van der Waals surface area (Å²) in [5, 5.41) is 0. The fraction of sp³-hybridized carbons (Fsp3) is 0.851. The van der Waals surface area contributed by atoms with Crippen molar-refractivity contribution in [1.82, 2.24) is 0 Å². The topological polar surface area (TPSA) is 78.9 Å². The van der Waals surface area contributed by atoms with Crippen LogP contribution in [-0.4, -0.2) is 37.2 Å². The predicted molar refractivity (Wildman–Crippen MR) is 224 cm³/mol. The molecule has 0 aliphatic carbocycles. The van der Waals surface area contributed by atoms with Crippen LogP contribution in [0, 0.1) is 0 Å². The summed E-state index contributed by atoms with van der Waals surface area (Å²) in [5.41, 5.74) is 0. The molecule has 310 valence electrons. The normalized spacial score (nSPS) is 12.1. The fourth-order valence-corrected chi connectivity index (χ4v) is 6.42. The van der Waals surface area contributed by atoms with E-state index in [4.69, 9.17) is 14.2 Å². The summed E-state index contributed by atoms with van der Waals surface area (Å²) in [6.45, 7) is 6.56. The van der Waals surface area contributed by atoms with Crippen molar-refractivity contribution >= 4 is 17.9 Å². The molecule has 0 amide bonds. The third kappa shape index (κ3) is 40.9. The summed E-state index contributed by atoms with van der Waals surface area (Å²) >= 11 is 0. The van der Waals surface area contributed by atoms with Crippen LogP contribution in [0.5, 0.6) is 0 Å². The van der Waals surface area contributed by atoms with Gasteiger partial charge >= 0.3 is 17.9 Å². The molecule has 0 aliphatic heterocycles. The Morgan fingerprint density at radius 3 is 1.02 bits per heavy atom. The minimum Gasteiger partial charge on any atom is -0.462 e. The van der Waals surface area contributed by atoms with Crippen molar-refractivity contribution in [3.05, 3.63) is 24.3 Å². The molecule has 6 heteroatoms. The minimum absolute atomic E-state index is 0.0736. The van der Waals surface area contributed by atoms with Crippen molar-refractivity contribution in [2.45, 2.75) is 245 Å².